The van der Waals surface area contributed by atoms with Crippen molar-refractivity contribution in [3.8, 4) is 5.75 Å². The minimum atomic E-state index is -2.99. The molecule has 4 nitrogen and oxygen atoms in total. The van der Waals surface area contributed by atoms with Gasteiger partial charge in [0.2, 0.25) is 0 Å². The van der Waals surface area contributed by atoms with Gasteiger partial charge in [0, 0.05) is 17.4 Å². The monoisotopic (exact) mass is 271 g/mol. The van der Waals surface area contributed by atoms with Crippen LogP contribution in [-0.4, -0.2) is 26.5 Å². The Kier molecular flexibility index (Phi) is 5.16. The van der Waals surface area contributed by atoms with E-state index < -0.39 is 9.84 Å². The van der Waals surface area contributed by atoms with E-state index in [4.69, 9.17) is 10.5 Å². The second kappa shape index (κ2) is 6.20. The lowest BCUT2D eigenvalue weighted by Gasteiger charge is -2.14. The molecule has 5 heteroatoms. The zero-order valence-electron chi connectivity index (χ0n) is 11.1. The van der Waals surface area contributed by atoms with Gasteiger partial charge < -0.3 is 10.5 Å². The molecule has 18 heavy (non-hydrogen) atoms. The number of aryl methyl sites for hydroxylation is 1. The fraction of sp³-hybridized carbons (Fsp3) is 0.538. The minimum absolute atomic E-state index is 0.0375. The number of nitrogens with two attached hydrogens (primary N) is 1. The molecule has 0 saturated carbocycles. The molecule has 0 amide bonds. The molecule has 1 rings (SSSR count). The standard InChI is InChI=1S/C13H21NO3S/c1-4-18(15,16)8-7-17-13-6-5-10(2)9-12(13)11(3)14/h5-6,9,11H,4,7-8,14H2,1-3H3/t11-/m1/s1. The average molecular weight is 271 g/mol. The lowest BCUT2D eigenvalue weighted by atomic mass is 10.1. The number of hydrogen-bond donors (Lipinski definition) is 1. The van der Waals surface area contributed by atoms with Crippen molar-refractivity contribution in [2.75, 3.05) is 18.1 Å². The van der Waals surface area contributed by atoms with Crippen LogP contribution in [0.25, 0.3) is 0 Å². The van der Waals surface area contributed by atoms with Gasteiger partial charge in [0.15, 0.2) is 9.84 Å². The first-order valence-corrected chi connectivity index (χ1v) is 7.87. The van der Waals surface area contributed by atoms with Crippen molar-refractivity contribution in [2.45, 2.75) is 26.8 Å². The Balaban J connectivity index is 2.73. The zero-order valence-corrected chi connectivity index (χ0v) is 12.0. The second-order valence-electron chi connectivity index (χ2n) is 4.41. The first-order valence-electron chi connectivity index (χ1n) is 6.05. The van der Waals surface area contributed by atoms with Gasteiger partial charge in [-0.3, -0.25) is 0 Å². The van der Waals surface area contributed by atoms with Gasteiger partial charge in [0.1, 0.15) is 12.4 Å². The van der Waals surface area contributed by atoms with Gasteiger partial charge in [-0.2, -0.15) is 0 Å². The van der Waals surface area contributed by atoms with Crippen molar-refractivity contribution in [1.82, 2.24) is 0 Å². The molecule has 1 aromatic rings. The average Bonchev–Trinajstić information content (AvgIpc) is 2.30. The van der Waals surface area contributed by atoms with Crippen LogP contribution < -0.4 is 10.5 Å². The summed E-state index contributed by atoms with van der Waals surface area (Å²) in [5.74, 6) is 0.849. The van der Waals surface area contributed by atoms with Crippen molar-refractivity contribution >= 4 is 9.84 Å². The summed E-state index contributed by atoms with van der Waals surface area (Å²) in [6.07, 6.45) is 0. The van der Waals surface area contributed by atoms with Crippen molar-refractivity contribution < 1.29 is 13.2 Å². The number of benzene rings is 1. The third kappa shape index (κ3) is 4.31. The van der Waals surface area contributed by atoms with E-state index in [1.807, 2.05) is 32.0 Å². The van der Waals surface area contributed by atoms with E-state index in [9.17, 15) is 8.42 Å². The lowest BCUT2D eigenvalue weighted by molar-refractivity contribution is 0.335. The summed E-state index contributed by atoms with van der Waals surface area (Å²) in [7, 11) is -2.99. The predicted molar refractivity (Wildman–Crippen MR) is 73.6 cm³/mol. The Hall–Kier alpha value is -1.07. The molecule has 2 N–H and O–H groups in total. The molecule has 0 aliphatic carbocycles. The van der Waals surface area contributed by atoms with Crippen LogP contribution in [0.4, 0.5) is 0 Å². The van der Waals surface area contributed by atoms with Crippen LogP contribution >= 0.6 is 0 Å². The Bertz CT molecular complexity index is 495. The third-order valence-corrected chi connectivity index (χ3v) is 4.42. The van der Waals surface area contributed by atoms with E-state index in [1.54, 1.807) is 6.92 Å². The van der Waals surface area contributed by atoms with E-state index in [0.29, 0.717) is 5.75 Å². The summed E-state index contributed by atoms with van der Waals surface area (Å²) in [6, 6.07) is 5.60. The summed E-state index contributed by atoms with van der Waals surface area (Å²) < 4.78 is 28.2. The van der Waals surface area contributed by atoms with Crippen molar-refractivity contribution in [3.05, 3.63) is 29.3 Å². The Morgan fingerprint density at radius 2 is 2.06 bits per heavy atom. The van der Waals surface area contributed by atoms with Crippen LogP contribution in [0, 0.1) is 6.92 Å². The SMILES string of the molecule is CCS(=O)(=O)CCOc1ccc(C)cc1[C@@H](C)N. The molecule has 0 radical (unpaired) electrons. The quantitative estimate of drug-likeness (QED) is 0.857. The summed E-state index contributed by atoms with van der Waals surface area (Å²) in [6.45, 7) is 5.66. The molecule has 0 bridgehead atoms. The summed E-state index contributed by atoms with van der Waals surface area (Å²) >= 11 is 0. The maximum atomic E-state index is 11.4. The second-order valence-corrected chi connectivity index (χ2v) is 6.89. The molecule has 0 spiro atoms. The molecule has 0 unspecified atom stereocenters. The molecule has 102 valence electrons. The summed E-state index contributed by atoms with van der Waals surface area (Å²) in [5, 5.41) is 0. The minimum Gasteiger partial charge on any atom is -0.492 e. The molecule has 0 heterocycles. The molecule has 0 saturated heterocycles. The van der Waals surface area contributed by atoms with E-state index in [-0.39, 0.29) is 24.2 Å². The van der Waals surface area contributed by atoms with Crippen molar-refractivity contribution in [2.24, 2.45) is 5.73 Å². The summed E-state index contributed by atoms with van der Waals surface area (Å²) in [4.78, 5) is 0. The lowest BCUT2D eigenvalue weighted by Crippen LogP contribution is -2.17. The van der Waals surface area contributed by atoms with Gasteiger partial charge in [-0.1, -0.05) is 24.6 Å². The maximum absolute atomic E-state index is 11.4. The van der Waals surface area contributed by atoms with Crippen LogP contribution in [0.15, 0.2) is 18.2 Å². The Morgan fingerprint density at radius 3 is 2.61 bits per heavy atom. The molecule has 0 aliphatic heterocycles. The highest BCUT2D eigenvalue weighted by Gasteiger charge is 2.11. The highest BCUT2D eigenvalue weighted by molar-refractivity contribution is 7.91. The van der Waals surface area contributed by atoms with E-state index >= 15 is 0 Å². The number of rotatable bonds is 6. The molecule has 1 aromatic carbocycles. The number of hydrogen-bond acceptors (Lipinski definition) is 4. The molecular weight excluding hydrogens is 250 g/mol. The van der Waals surface area contributed by atoms with Crippen molar-refractivity contribution in [3.63, 3.8) is 0 Å². The van der Waals surface area contributed by atoms with Gasteiger partial charge in [-0.15, -0.1) is 0 Å². The summed E-state index contributed by atoms with van der Waals surface area (Å²) in [5.41, 5.74) is 7.88. The predicted octanol–water partition coefficient (Wildman–Crippen LogP) is 1.83. The number of ether oxygens (including phenoxy) is 1. The first-order chi connectivity index (χ1) is 8.35. The normalized spacial score (nSPS) is 13.3. The smallest absolute Gasteiger partial charge is 0.153 e. The van der Waals surface area contributed by atoms with E-state index in [1.165, 1.54) is 0 Å². The maximum Gasteiger partial charge on any atom is 0.153 e. The third-order valence-electron chi connectivity index (χ3n) is 2.75. The van der Waals surface area contributed by atoms with Crippen LogP contribution in [0.5, 0.6) is 5.75 Å². The molecule has 1 atom stereocenters. The van der Waals surface area contributed by atoms with Crippen molar-refractivity contribution in [1.29, 1.82) is 0 Å². The Labute approximate surface area is 109 Å². The molecule has 0 aliphatic rings. The van der Waals surface area contributed by atoms with Gasteiger partial charge in [-0.05, 0) is 19.9 Å². The largest absolute Gasteiger partial charge is 0.492 e. The van der Waals surface area contributed by atoms with Crippen LogP contribution in [0.1, 0.15) is 31.0 Å². The Morgan fingerprint density at radius 1 is 1.39 bits per heavy atom. The first kappa shape index (κ1) is 15.0. The van der Waals surface area contributed by atoms with Crippen LogP contribution in [0.3, 0.4) is 0 Å². The molecule has 0 aromatic heterocycles. The highest BCUT2D eigenvalue weighted by Crippen LogP contribution is 2.24. The molecular formula is C13H21NO3S. The van der Waals surface area contributed by atoms with Crippen LogP contribution in [-0.2, 0) is 9.84 Å². The topological polar surface area (TPSA) is 69.4 Å². The molecule has 0 fully saturated rings. The van der Waals surface area contributed by atoms with Gasteiger partial charge in [0.25, 0.3) is 0 Å². The van der Waals surface area contributed by atoms with Gasteiger partial charge in [0.05, 0.1) is 5.75 Å². The fourth-order valence-electron chi connectivity index (χ4n) is 1.58. The highest BCUT2D eigenvalue weighted by atomic mass is 32.2. The van der Waals surface area contributed by atoms with Gasteiger partial charge >= 0.3 is 0 Å². The van der Waals surface area contributed by atoms with Gasteiger partial charge in [-0.25, -0.2) is 8.42 Å². The zero-order chi connectivity index (χ0) is 13.8. The number of sulfone groups is 1. The fourth-order valence-corrected chi connectivity index (χ4v) is 2.20. The van der Waals surface area contributed by atoms with Crippen LogP contribution in [0.2, 0.25) is 0 Å². The van der Waals surface area contributed by atoms with E-state index in [0.717, 1.165) is 11.1 Å². The van der Waals surface area contributed by atoms with E-state index in [2.05, 4.69) is 0 Å².